The van der Waals surface area contributed by atoms with Crippen molar-refractivity contribution in [3.05, 3.63) is 50.7 Å². The number of nitrogens with zero attached hydrogens (tertiary/aromatic N) is 2. The lowest BCUT2D eigenvalue weighted by atomic mass is 10.3. The van der Waals surface area contributed by atoms with Gasteiger partial charge in [0.15, 0.2) is 10.4 Å². The zero-order valence-electron chi connectivity index (χ0n) is 11.2. The fourth-order valence-electron chi connectivity index (χ4n) is 2.02. The third kappa shape index (κ3) is 3.41. The molecule has 2 heterocycles. The van der Waals surface area contributed by atoms with Crippen LogP contribution < -0.4 is 10.9 Å². The molecule has 1 aliphatic carbocycles. The van der Waals surface area contributed by atoms with E-state index in [4.69, 9.17) is 4.42 Å². The lowest BCUT2D eigenvalue weighted by molar-refractivity contribution is 0.0922. The van der Waals surface area contributed by atoms with Crippen LogP contribution in [0.5, 0.6) is 0 Å². The molecule has 0 unspecified atom stereocenters. The topological polar surface area (TPSA) is 77.1 Å². The van der Waals surface area contributed by atoms with Crippen molar-refractivity contribution in [3.63, 3.8) is 0 Å². The predicted octanol–water partition coefficient (Wildman–Crippen LogP) is 1.91. The molecule has 7 heteroatoms. The Hall–Kier alpha value is -1.89. The minimum absolute atomic E-state index is 0.158. The van der Waals surface area contributed by atoms with E-state index in [1.165, 1.54) is 10.7 Å². The molecule has 1 saturated carbocycles. The Morgan fingerprint density at radius 3 is 2.86 bits per heavy atom. The monoisotopic (exact) mass is 351 g/mol. The lowest BCUT2D eigenvalue weighted by Crippen LogP contribution is -2.32. The quantitative estimate of drug-likeness (QED) is 0.892. The normalized spacial score (nSPS) is 14.1. The summed E-state index contributed by atoms with van der Waals surface area (Å²) in [4.78, 5) is 23.5. The van der Waals surface area contributed by atoms with E-state index in [2.05, 4.69) is 26.3 Å². The first-order valence-corrected chi connectivity index (χ1v) is 7.54. The Labute approximate surface area is 129 Å². The molecule has 110 valence electrons. The minimum atomic E-state index is -0.313. The highest BCUT2D eigenvalue weighted by atomic mass is 79.9. The molecule has 0 bridgehead atoms. The summed E-state index contributed by atoms with van der Waals surface area (Å²) >= 11 is 3.14. The van der Waals surface area contributed by atoms with Crippen molar-refractivity contribution in [2.24, 2.45) is 0 Å². The van der Waals surface area contributed by atoms with Crippen molar-refractivity contribution < 1.29 is 9.21 Å². The number of furan rings is 1. The summed E-state index contributed by atoms with van der Waals surface area (Å²) in [7, 11) is 0. The first-order chi connectivity index (χ1) is 10.1. The number of halogens is 1. The van der Waals surface area contributed by atoms with E-state index in [0.29, 0.717) is 23.7 Å². The van der Waals surface area contributed by atoms with Gasteiger partial charge in [-0.15, -0.1) is 0 Å². The maximum atomic E-state index is 11.8. The molecule has 0 aliphatic heterocycles. The van der Waals surface area contributed by atoms with Gasteiger partial charge < -0.3 is 9.73 Å². The molecular weight excluding hydrogens is 338 g/mol. The third-order valence-corrected chi connectivity index (χ3v) is 3.72. The van der Waals surface area contributed by atoms with Crippen LogP contribution in [-0.4, -0.2) is 22.2 Å². The highest BCUT2D eigenvalue weighted by molar-refractivity contribution is 9.10. The van der Waals surface area contributed by atoms with Gasteiger partial charge in [0.1, 0.15) is 0 Å². The van der Waals surface area contributed by atoms with Gasteiger partial charge in [0.25, 0.3) is 11.5 Å². The highest BCUT2D eigenvalue weighted by Gasteiger charge is 2.25. The molecule has 2 aromatic heterocycles. The molecule has 2 aromatic rings. The molecule has 0 atom stereocenters. The van der Waals surface area contributed by atoms with Gasteiger partial charge >= 0.3 is 0 Å². The van der Waals surface area contributed by atoms with Crippen LogP contribution >= 0.6 is 15.9 Å². The van der Waals surface area contributed by atoms with Crippen LogP contribution in [0.2, 0.25) is 0 Å². The predicted molar refractivity (Wildman–Crippen MR) is 79.2 cm³/mol. The van der Waals surface area contributed by atoms with E-state index in [0.717, 1.165) is 18.5 Å². The zero-order valence-corrected chi connectivity index (χ0v) is 12.8. The summed E-state index contributed by atoms with van der Waals surface area (Å²) < 4.78 is 7.05. The average molecular weight is 352 g/mol. The Kier molecular flexibility index (Phi) is 3.92. The van der Waals surface area contributed by atoms with Crippen molar-refractivity contribution in [1.29, 1.82) is 0 Å². The molecule has 0 saturated heterocycles. The van der Waals surface area contributed by atoms with E-state index in [9.17, 15) is 9.59 Å². The molecule has 1 N–H and O–H groups in total. The van der Waals surface area contributed by atoms with E-state index >= 15 is 0 Å². The zero-order chi connectivity index (χ0) is 14.8. The summed E-state index contributed by atoms with van der Waals surface area (Å²) in [6.07, 6.45) is 2.27. The SMILES string of the molecule is O=C(NCCn1nc(C2CC2)ccc1=O)c1ccc(Br)o1. The van der Waals surface area contributed by atoms with Crippen LogP contribution in [0, 0.1) is 0 Å². The summed E-state index contributed by atoms with van der Waals surface area (Å²) in [5, 5.41) is 7.03. The lowest BCUT2D eigenvalue weighted by Gasteiger charge is -2.07. The van der Waals surface area contributed by atoms with Gasteiger partial charge in [-0.2, -0.15) is 5.10 Å². The number of nitrogens with one attached hydrogen (secondary N) is 1. The second-order valence-corrected chi connectivity index (χ2v) is 5.74. The summed E-state index contributed by atoms with van der Waals surface area (Å²) in [6.45, 7) is 0.658. The maximum absolute atomic E-state index is 11.8. The largest absolute Gasteiger partial charge is 0.444 e. The van der Waals surface area contributed by atoms with Gasteiger partial charge in [0.2, 0.25) is 0 Å². The van der Waals surface area contributed by atoms with Crippen LogP contribution in [0.3, 0.4) is 0 Å². The second-order valence-electron chi connectivity index (χ2n) is 4.95. The first kappa shape index (κ1) is 14.1. The third-order valence-electron chi connectivity index (χ3n) is 3.29. The van der Waals surface area contributed by atoms with Crippen LogP contribution in [0.15, 0.2) is 38.1 Å². The first-order valence-electron chi connectivity index (χ1n) is 6.75. The number of carbonyl (C=O) groups excluding carboxylic acids is 1. The smallest absolute Gasteiger partial charge is 0.287 e. The highest BCUT2D eigenvalue weighted by Crippen LogP contribution is 2.38. The van der Waals surface area contributed by atoms with Gasteiger partial charge in [-0.3, -0.25) is 9.59 Å². The molecule has 1 fully saturated rings. The summed E-state index contributed by atoms with van der Waals surface area (Å²) in [5.41, 5.74) is 0.797. The average Bonchev–Trinajstić information content (AvgIpc) is 3.22. The fourth-order valence-corrected chi connectivity index (χ4v) is 2.33. The van der Waals surface area contributed by atoms with Crippen LogP contribution in [0.25, 0.3) is 0 Å². The number of aromatic nitrogens is 2. The molecular formula is C14H14BrN3O3. The van der Waals surface area contributed by atoms with Gasteiger partial charge in [0, 0.05) is 18.5 Å². The van der Waals surface area contributed by atoms with Gasteiger partial charge in [-0.25, -0.2) is 4.68 Å². The van der Waals surface area contributed by atoms with E-state index < -0.39 is 0 Å². The standard InChI is InChI=1S/C14H14BrN3O3/c15-12-5-4-11(21-12)14(20)16-7-8-18-13(19)6-3-10(17-18)9-1-2-9/h3-6,9H,1-2,7-8H2,(H,16,20). The van der Waals surface area contributed by atoms with E-state index in [-0.39, 0.29) is 17.2 Å². The van der Waals surface area contributed by atoms with Gasteiger partial charge in [-0.05, 0) is 47.0 Å². The van der Waals surface area contributed by atoms with Crippen molar-refractivity contribution in [2.75, 3.05) is 6.54 Å². The molecule has 0 radical (unpaired) electrons. The van der Waals surface area contributed by atoms with Crippen LogP contribution in [0.4, 0.5) is 0 Å². The van der Waals surface area contributed by atoms with Gasteiger partial charge in [0.05, 0.1) is 12.2 Å². The van der Waals surface area contributed by atoms with Crippen molar-refractivity contribution in [3.8, 4) is 0 Å². The fraction of sp³-hybridized carbons (Fsp3) is 0.357. The number of rotatable bonds is 5. The Bertz CT molecular complexity index is 718. The number of hydrogen-bond acceptors (Lipinski definition) is 4. The van der Waals surface area contributed by atoms with Crippen molar-refractivity contribution in [1.82, 2.24) is 15.1 Å². The maximum Gasteiger partial charge on any atom is 0.287 e. The van der Waals surface area contributed by atoms with Crippen molar-refractivity contribution >= 4 is 21.8 Å². The second kappa shape index (κ2) is 5.85. The Morgan fingerprint density at radius 2 is 2.19 bits per heavy atom. The molecule has 21 heavy (non-hydrogen) atoms. The molecule has 6 nitrogen and oxygen atoms in total. The number of hydrogen-bond donors (Lipinski definition) is 1. The Morgan fingerprint density at radius 1 is 1.38 bits per heavy atom. The minimum Gasteiger partial charge on any atom is -0.444 e. The summed E-state index contributed by atoms with van der Waals surface area (Å²) in [5.74, 6) is 0.410. The van der Waals surface area contributed by atoms with E-state index in [1.54, 1.807) is 18.2 Å². The molecule has 1 amide bonds. The van der Waals surface area contributed by atoms with Gasteiger partial charge in [-0.1, -0.05) is 0 Å². The Balaban J connectivity index is 1.59. The number of amides is 1. The molecule has 1 aliphatic rings. The number of carbonyl (C=O) groups is 1. The molecule has 0 aromatic carbocycles. The van der Waals surface area contributed by atoms with Crippen LogP contribution in [-0.2, 0) is 6.54 Å². The summed E-state index contributed by atoms with van der Waals surface area (Å²) in [6, 6.07) is 6.55. The van der Waals surface area contributed by atoms with Crippen molar-refractivity contribution in [2.45, 2.75) is 25.3 Å². The van der Waals surface area contributed by atoms with Crippen LogP contribution in [0.1, 0.15) is 35.0 Å². The van der Waals surface area contributed by atoms with E-state index in [1.807, 2.05) is 0 Å². The molecule has 3 rings (SSSR count). The molecule has 0 spiro atoms.